The van der Waals surface area contributed by atoms with E-state index in [1.807, 2.05) is 0 Å². The van der Waals surface area contributed by atoms with Crippen LogP contribution in [0.4, 0.5) is 14.5 Å². The molecule has 0 aromatic heterocycles. The quantitative estimate of drug-likeness (QED) is 0.795. The minimum absolute atomic E-state index is 0.0782. The van der Waals surface area contributed by atoms with E-state index in [0.29, 0.717) is 5.56 Å². The Balaban J connectivity index is 2.28. The second kappa shape index (κ2) is 5.14. The number of phenolic OH excluding ortho intramolecular Hbond substituents is 2. The van der Waals surface area contributed by atoms with Crippen LogP contribution >= 0.6 is 0 Å². The summed E-state index contributed by atoms with van der Waals surface area (Å²) in [5.74, 6) is -1.63. The first-order chi connectivity index (χ1) is 8.99. The largest absolute Gasteiger partial charge is 0.508 e. The summed E-state index contributed by atoms with van der Waals surface area (Å²) in [6, 6.07) is 7.10. The lowest BCUT2D eigenvalue weighted by molar-refractivity contribution is 0.444. The molecule has 0 radical (unpaired) electrons. The molecule has 0 saturated heterocycles. The Morgan fingerprint density at radius 2 is 1.68 bits per heavy atom. The molecule has 3 N–H and O–H groups in total. The molecule has 3 nitrogen and oxygen atoms in total. The normalized spacial score (nSPS) is 12.2. The monoisotopic (exact) mass is 265 g/mol. The fourth-order valence-corrected chi connectivity index (χ4v) is 1.83. The lowest BCUT2D eigenvalue weighted by Crippen LogP contribution is -2.09. The number of aromatic hydroxyl groups is 2. The van der Waals surface area contributed by atoms with Gasteiger partial charge in [0.1, 0.15) is 28.8 Å². The van der Waals surface area contributed by atoms with E-state index in [0.717, 1.165) is 12.1 Å². The molecule has 100 valence electrons. The molecule has 0 amide bonds. The lowest BCUT2D eigenvalue weighted by Gasteiger charge is -2.18. The average Bonchev–Trinajstić information content (AvgIpc) is 2.33. The van der Waals surface area contributed by atoms with Crippen LogP contribution in [0, 0.1) is 11.6 Å². The maximum atomic E-state index is 13.5. The maximum Gasteiger partial charge on any atom is 0.149 e. The van der Waals surface area contributed by atoms with Crippen LogP contribution < -0.4 is 5.32 Å². The van der Waals surface area contributed by atoms with Crippen LogP contribution in [0.15, 0.2) is 36.4 Å². The molecule has 0 aliphatic heterocycles. The van der Waals surface area contributed by atoms with Crippen molar-refractivity contribution in [3.05, 3.63) is 53.6 Å². The Morgan fingerprint density at radius 1 is 1.05 bits per heavy atom. The van der Waals surface area contributed by atoms with Gasteiger partial charge in [-0.25, -0.2) is 8.78 Å². The average molecular weight is 265 g/mol. The molecule has 0 heterocycles. The Bertz CT molecular complexity index is 582. The van der Waals surface area contributed by atoms with Gasteiger partial charge in [0.2, 0.25) is 0 Å². The molecule has 1 unspecified atom stereocenters. The molecule has 0 saturated carbocycles. The second-order valence-electron chi connectivity index (χ2n) is 4.21. The number of hydrogen-bond donors (Lipinski definition) is 3. The molecular weight excluding hydrogens is 252 g/mol. The van der Waals surface area contributed by atoms with E-state index in [2.05, 4.69) is 5.32 Å². The minimum atomic E-state index is -0.704. The highest BCUT2D eigenvalue weighted by molar-refractivity contribution is 5.50. The molecule has 0 bridgehead atoms. The van der Waals surface area contributed by atoms with Crippen LogP contribution in [0.1, 0.15) is 18.5 Å². The van der Waals surface area contributed by atoms with Crippen molar-refractivity contribution in [2.45, 2.75) is 13.0 Å². The number of anilines is 1. The van der Waals surface area contributed by atoms with E-state index in [-0.39, 0.29) is 17.2 Å². The van der Waals surface area contributed by atoms with Gasteiger partial charge in [-0.3, -0.25) is 0 Å². The van der Waals surface area contributed by atoms with Crippen LogP contribution in [-0.4, -0.2) is 10.2 Å². The molecule has 2 aromatic carbocycles. The number of phenols is 2. The smallest absolute Gasteiger partial charge is 0.149 e. The maximum absolute atomic E-state index is 13.5. The molecule has 19 heavy (non-hydrogen) atoms. The van der Waals surface area contributed by atoms with E-state index >= 15 is 0 Å². The third-order valence-corrected chi connectivity index (χ3v) is 2.80. The van der Waals surface area contributed by atoms with Gasteiger partial charge < -0.3 is 15.5 Å². The molecule has 0 spiro atoms. The van der Waals surface area contributed by atoms with E-state index in [1.54, 1.807) is 6.92 Å². The van der Waals surface area contributed by atoms with Crippen LogP contribution in [-0.2, 0) is 0 Å². The molecule has 0 fully saturated rings. The van der Waals surface area contributed by atoms with Crippen molar-refractivity contribution in [3.63, 3.8) is 0 Å². The zero-order valence-electron chi connectivity index (χ0n) is 10.2. The molecule has 0 aliphatic carbocycles. The highest BCUT2D eigenvalue weighted by Crippen LogP contribution is 2.31. The second-order valence-corrected chi connectivity index (χ2v) is 4.21. The Hall–Kier alpha value is -2.30. The van der Waals surface area contributed by atoms with Crippen molar-refractivity contribution in [3.8, 4) is 11.5 Å². The van der Waals surface area contributed by atoms with Crippen molar-refractivity contribution >= 4 is 5.69 Å². The van der Waals surface area contributed by atoms with Gasteiger partial charge in [0.15, 0.2) is 0 Å². The van der Waals surface area contributed by atoms with Gasteiger partial charge in [0.05, 0.1) is 6.04 Å². The predicted octanol–water partition coefficient (Wildman–Crippen LogP) is 3.55. The SMILES string of the molecule is CC(Nc1c(F)cccc1F)c1ccc(O)cc1O. The van der Waals surface area contributed by atoms with Gasteiger partial charge in [0.25, 0.3) is 0 Å². The van der Waals surface area contributed by atoms with E-state index < -0.39 is 17.7 Å². The molecule has 0 aliphatic rings. The summed E-state index contributed by atoms with van der Waals surface area (Å²) in [5.41, 5.74) is 0.183. The van der Waals surface area contributed by atoms with Crippen LogP contribution in [0.2, 0.25) is 0 Å². The lowest BCUT2D eigenvalue weighted by atomic mass is 10.1. The molecule has 2 rings (SSSR count). The molecular formula is C14H13F2NO2. The van der Waals surface area contributed by atoms with Crippen LogP contribution in [0.3, 0.4) is 0 Å². The fraction of sp³-hybridized carbons (Fsp3) is 0.143. The van der Waals surface area contributed by atoms with Gasteiger partial charge in [-0.15, -0.1) is 0 Å². The van der Waals surface area contributed by atoms with Gasteiger partial charge >= 0.3 is 0 Å². The first kappa shape index (κ1) is 13.1. The van der Waals surface area contributed by atoms with Crippen molar-refractivity contribution in [1.29, 1.82) is 0 Å². The minimum Gasteiger partial charge on any atom is -0.508 e. The van der Waals surface area contributed by atoms with Gasteiger partial charge in [-0.1, -0.05) is 6.07 Å². The Kier molecular flexibility index (Phi) is 3.55. The van der Waals surface area contributed by atoms with Crippen LogP contribution in [0.5, 0.6) is 11.5 Å². The molecule has 2 aromatic rings. The Morgan fingerprint density at radius 3 is 2.26 bits per heavy atom. The molecule has 5 heteroatoms. The molecule has 1 atom stereocenters. The predicted molar refractivity (Wildman–Crippen MR) is 68.2 cm³/mol. The summed E-state index contributed by atoms with van der Waals surface area (Å²) in [6.07, 6.45) is 0. The van der Waals surface area contributed by atoms with Crippen molar-refractivity contribution in [2.24, 2.45) is 0 Å². The van der Waals surface area contributed by atoms with Gasteiger partial charge in [-0.2, -0.15) is 0 Å². The van der Waals surface area contributed by atoms with Crippen molar-refractivity contribution in [2.75, 3.05) is 5.32 Å². The van der Waals surface area contributed by atoms with Gasteiger partial charge in [0, 0.05) is 11.6 Å². The van der Waals surface area contributed by atoms with Crippen molar-refractivity contribution < 1.29 is 19.0 Å². The number of rotatable bonds is 3. The Labute approximate surface area is 109 Å². The number of nitrogens with one attached hydrogen (secondary N) is 1. The summed E-state index contributed by atoms with van der Waals surface area (Å²) in [5, 5.41) is 21.6. The summed E-state index contributed by atoms with van der Waals surface area (Å²) < 4.78 is 27.0. The number of hydrogen-bond acceptors (Lipinski definition) is 3. The van der Waals surface area contributed by atoms with Gasteiger partial charge in [-0.05, 0) is 31.2 Å². The summed E-state index contributed by atoms with van der Waals surface area (Å²) in [7, 11) is 0. The topological polar surface area (TPSA) is 52.5 Å². The van der Waals surface area contributed by atoms with E-state index in [1.165, 1.54) is 24.3 Å². The van der Waals surface area contributed by atoms with Crippen molar-refractivity contribution in [1.82, 2.24) is 0 Å². The number of para-hydroxylation sites is 1. The summed E-state index contributed by atoms with van der Waals surface area (Å²) in [4.78, 5) is 0. The standard InChI is InChI=1S/C14H13F2NO2/c1-8(10-6-5-9(18)7-13(10)19)17-14-11(15)3-2-4-12(14)16/h2-8,17-19H,1H3. The third kappa shape index (κ3) is 2.76. The summed E-state index contributed by atoms with van der Waals surface area (Å²) >= 11 is 0. The zero-order chi connectivity index (χ0) is 14.0. The number of halogens is 2. The first-order valence-electron chi connectivity index (χ1n) is 5.71. The van der Waals surface area contributed by atoms with E-state index in [4.69, 9.17) is 0 Å². The third-order valence-electron chi connectivity index (χ3n) is 2.80. The highest BCUT2D eigenvalue weighted by atomic mass is 19.1. The van der Waals surface area contributed by atoms with E-state index in [9.17, 15) is 19.0 Å². The number of benzene rings is 2. The highest BCUT2D eigenvalue weighted by Gasteiger charge is 2.15. The first-order valence-corrected chi connectivity index (χ1v) is 5.71. The zero-order valence-corrected chi connectivity index (χ0v) is 10.2. The fourth-order valence-electron chi connectivity index (χ4n) is 1.83. The van der Waals surface area contributed by atoms with Crippen LogP contribution in [0.25, 0.3) is 0 Å². The summed E-state index contributed by atoms with van der Waals surface area (Å²) in [6.45, 7) is 1.65.